The Hall–Kier alpha value is -1.55. The molecule has 0 spiro atoms. The van der Waals surface area contributed by atoms with E-state index in [-0.39, 0.29) is 11.9 Å². The number of carbonyl (C=O) groups is 1. The lowest BCUT2D eigenvalue weighted by atomic mass is 10.1. The molecular formula is C14H21N3O. The lowest BCUT2D eigenvalue weighted by Gasteiger charge is -2.35. The van der Waals surface area contributed by atoms with E-state index in [2.05, 4.69) is 36.2 Å². The van der Waals surface area contributed by atoms with Crippen molar-refractivity contribution >= 4 is 11.6 Å². The second-order valence-electron chi connectivity index (χ2n) is 4.87. The van der Waals surface area contributed by atoms with Crippen LogP contribution in [0.5, 0.6) is 0 Å². The maximum Gasteiger partial charge on any atom is 0.244 e. The number of nitrogens with one attached hydrogen (secondary N) is 1. The second kappa shape index (κ2) is 5.40. The molecule has 18 heavy (non-hydrogen) atoms. The van der Waals surface area contributed by atoms with Gasteiger partial charge < -0.3 is 16.0 Å². The third kappa shape index (κ3) is 2.34. The molecule has 0 aromatic heterocycles. The summed E-state index contributed by atoms with van der Waals surface area (Å²) in [5, 5.41) is 2.93. The molecule has 0 bridgehead atoms. The molecule has 2 rings (SSSR count). The number of nitrogens with zero attached hydrogens (tertiary/aromatic N) is 1. The molecule has 0 aliphatic carbocycles. The topological polar surface area (TPSA) is 58.4 Å². The van der Waals surface area contributed by atoms with Crippen molar-refractivity contribution in [2.45, 2.75) is 32.4 Å². The lowest BCUT2D eigenvalue weighted by Crippen LogP contribution is -2.51. The monoisotopic (exact) mass is 247 g/mol. The molecule has 1 amide bonds. The quantitative estimate of drug-likeness (QED) is 0.821. The fourth-order valence-corrected chi connectivity index (χ4v) is 2.57. The summed E-state index contributed by atoms with van der Waals surface area (Å²) in [7, 11) is 0. The van der Waals surface area contributed by atoms with E-state index in [4.69, 9.17) is 5.73 Å². The first-order valence-corrected chi connectivity index (χ1v) is 6.47. The van der Waals surface area contributed by atoms with Gasteiger partial charge in [-0.05, 0) is 31.9 Å². The minimum absolute atomic E-state index is 0.0325. The molecule has 1 heterocycles. The summed E-state index contributed by atoms with van der Waals surface area (Å²) in [5.74, 6) is 0.0325. The van der Waals surface area contributed by atoms with Crippen LogP contribution >= 0.6 is 0 Å². The van der Waals surface area contributed by atoms with E-state index >= 15 is 0 Å². The standard InChI is InChI=1S/C14H21N3O/c1-10-5-3-4-6-12(10)17-11(2)7-8-16-14(18)13(17)9-15/h3-6,11,13H,7-9,15H2,1-2H3,(H,16,18). The fraction of sp³-hybridized carbons (Fsp3) is 0.500. The van der Waals surface area contributed by atoms with Gasteiger partial charge in [-0.1, -0.05) is 18.2 Å². The van der Waals surface area contributed by atoms with Crippen molar-refractivity contribution < 1.29 is 4.79 Å². The van der Waals surface area contributed by atoms with Gasteiger partial charge in [-0.15, -0.1) is 0 Å². The van der Waals surface area contributed by atoms with E-state index in [1.54, 1.807) is 0 Å². The summed E-state index contributed by atoms with van der Waals surface area (Å²) >= 11 is 0. The molecule has 1 aromatic rings. The molecule has 0 saturated carbocycles. The van der Waals surface area contributed by atoms with Crippen LogP contribution in [0.25, 0.3) is 0 Å². The number of para-hydroxylation sites is 1. The maximum atomic E-state index is 12.1. The van der Waals surface area contributed by atoms with E-state index in [1.165, 1.54) is 5.56 Å². The summed E-state index contributed by atoms with van der Waals surface area (Å²) in [6, 6.07) is 8.18. The number of aryl methyl sites for hydroxylation is 1. The Bertz CT molecular complexity index is 433. The van der Waals surface area contributed by atoms with E-state index in [1.807, 2.05) is 12.1 Å². The number of carbonyl (C=O) groups excluding carboxylic acids is 1. The van der Waals surface area contributed by atoms with E-state index in [0.29, 0.717) is 12.6 Å². The van der Waals surface area contributed by atoms with Crippen molar-refractivity contribution in [2.75, 3.05) is 18.0 Å². The number of benzene rings is 1. The summed E-state index contributed by atoms with van der Waals surface area (Å²) in [5.41, 5.74) is 8.09. The van der Waals surface area contributed by atoms with Gasteiger partial charge in [0.05, 0.1) is 0 Å². The minimum Gasteiger partial charge on any atom is -0.355 e. The van der Waals surface area contributed by atoms with Crippen LogP contribution in [-0.4, -0.2) is 31.1 Å². The van der Waals surface area contributed by atoms with Crippen LogP contribution in [0, 0.1) is 6.92 Å². The molecule has 2 atom stereocenters. The van der Waals surface area contributed by atoms with Crippen LogP contribution in [0.2, 0.25) is 0 Å². The number of amides is 1. The number of hydrogen-bond donors (Lipinski definition) is 2. The molecule has 3 N–H and O–H groups in total. The molecule has 0 radical (unpaired) electrons. The van der Waals surface area contributed by atoms with Gasteiger partial charge in [0.1, 0.15) is 6.04 Å². The number of nitrogens with two attached hydrogens (primary N) is 1. The first-order valence-electron chi connectivity index (χ1n) is 6.47. The molecule has 4 heteroatoms. The Morgan fingerprint density at radius 1 is 1.44 bits per heavy atom. The van der Waals surface area contributed by atoms with Gasteiger partial charge in [-0.25, -0.2) is 0 Å². The first-order chi connectivity index (χ1) is 8.65. The highest BCUT2D eigenvalue weighted by Crippen LogP contribution is 2.26. The molecular weight excluding hydrogens is 226 g/mol. The van der Waals surface area contributed by atoms with Gasteiger partial charge in [0.15, 0.2) is 0 Å². The highest BCUT2D eigenvalue weighted by atomic mass is 16.2. The van der Waals surface area contributed by atoms with Crippen molar-refractivity contribution in [3.05, 3.63) is 29.8 Å². The molecule has 1 aliphatic rings. The number of anilines is 1. The maximum absolute atomic E-state index is 12.1. The Morgan fingerprint density at radius 3 is 2.83 bits per heavy atom. The molecule has 1 fully saturated rings. The van der Waals surface area contributed by atoms with Crippen LogP contribution in [0.3, 0.4) is 0 Å². The van der Waals surface area contributed by atoms with Gasteiger partial charge in [0.25, 0.3) is 0 Å². The number of hydrogen-bond acceptors (Lipinski definition) is 3. The van der Waals surface area contributed by atoms with Crippen molar-refractivity contribution in [1.29, 1.82) is 0 Å². The van der Waals surface area contributed by atoms with Crippen molar-refractivity contribution in [3.8, 4) is 0 Å². The molecule has 1 saturated heterocycles. The highest BCUT2D eigenvalue weighted by Gasteiger charge is 2.31. The summed E-state index contributed by atoms with van der Waals surface area (Å²) in [4.78, 5) is 14.2. The third-order valence-electron chi connectivity index (χ3n) is 3.59. The first kappa shape index (κ1) is 12.9. The Morgan fingerprint density at radius 2 is 2.17 bits per heavy atom. The van der Waals surface area contributed by atoms with Gasteiger partial charge in [-0.2, -0.15) is 0 Å². The van der Waals surface area contributed by atoms with Gasteiger partial charge in [0.2, 0.25) is 5.91 Å². The Kier molecular flexibility index (Phi) is 3.87. The van der Waals surface area contributed by atoms with Crippen LogP contribution in [0.4, 0.5) is 5.69 Å². The van der Waals surface area contributed by atoms with Gasteiger partial charge in [-0.3, -0.25) is 4.79 Å². The zero-order valence-corrected chi connectivity index (χ0v) is 11.0. The smallest absolute Gasteiger partial charge is 0.244 e. The van der Waals surface area contributed by atoms with Crippen LogP contribution in [0.1, 0.15) is 18.9 Å². The minimum atomic E-state index is -0.274. The third-order valence-corrected chi connectivity index (χ3v) is 3.59. The van der Waals surface area contributed by atoms with E-state index in [0.717, 1.165) is 18.7 Å². The normalized spacial score (nSPS) is 24.6. The zero-order chi connectivity index (χ0) is 13.1. The molecule has 98 valence electrons. The summed E-state index contributed by atoms with van der Waals surface area (Å²) in [6.07, 6.45) is 0.941. The second-order valence-corrected chi connectivity index (χ2v) is 4.87. The van der Waals surface area contributed by atoms with Crippen molar-refractivity contribution in [1.82, 2.24) is 5.32 Å². The predicted octanol–water partition coefficient (Wildman–Crippen LogP) is 1.04. The Balaban J connectivity index is 2.42. The van der Waals surface area contributed by atoms with Gasteiger partial charge >= 0.3 is 0 Å². The van der Waals surface area contributed by atoms with Crippen LogP contribution in [-0.2, 0) is 4.79 Å². The zero-order valence-electron chi connectivity index (χ0n) is 11.0. The predicted molar refractivity (Wildman–Crippen MR) is 73.6 cm³/mol. The van der Waals surface area contributed by atoms with Crippen molar-refractivity contribution in [2.24, 2.45) is 5.73 Å². The highest BCUT2D eigenvalue weighted by molar-refractivity contribution is 5.86. The average Bonchev–Trinajstić information content (AvgIpc) is 2.49. The molecule has 1 aliphatic heterocycles. The molecule has 1 aromatic carbocycles. The summed E-state index contributed by atoms with van der Waals surface area (Å²) in [6.45, 7) is 5.27. The average molecular weight is 247 g/mol. The van der Waals surface area contributed by atoms with Gasteiger partial charge in [0, 0.05) is 24.8 Å². The van der Waals surface area contributed by atoms with Crippen LogP contribution < -0.4 is 16.0 Å². The van der Waals surface area contributed by atoms with Crippen molar-refractivity contribution in [3.63, 3.8) is 0 Å². The van der Waals surface area contributed by atoms with E-state index in [9.17, 15) is 4.79 Å². The SMILES string of the molecule is Cc1ccccc1N1C(C)CCNC(=O)C1CN. The van der Waals surface area contributed by atoms with Crippen LogP contribution in [0.15, 0.2) is 24.3 Å². The number of rotatable bonds is 2. The summed E-state index contributed by atoms with van der Waals surface area (Å²) < 4.78 is 0. The molecule has 2 unspecified atom stereocenters. The Labute approximate surface area is 108 Å². The molecule has 4 nitrogen and oxygen atoms in total. The largest absolute Gasteiger partial charge is 0.355 e. The lowest BCUT2D eigenvalue weighted by molar-refractivity contribution is -0.121. The van der Waals surface area contributed by atoms with E-state index < -0.39 is 0 Å². The fourth-order valence-electron chi connectivity index (χ4n) is 2.57.